The Morgan fingerprint density at radius 1 is 1.65 bits per heavy atom. The maximum absolute atomic E-state index is 11.6. The van der Waals surface area contributed by atoms with Crippen LogP contribution >= 0.6 is 0 Å². The fraction of sp³-hybridized carbons (Fsp3) is 0.700. The van der Waals surface area contributed by atoms with Gasteiger partial charge in [-0.05, 0) is 13.3 Å². The molecule has 0 aromatic carbocycles. The number of alkyl carbamates (subject to hydrolysis) is 1. The number of rotatable bonds is 4. The predicted molar refractivity (Wildman–Crippen MR) is 64.1 cm³/mol. The second-order valence-electron chi connectivity index (χ2n) is 4.27. The van der Waals surface area contributed by atoms with Crippen LogP contribution in [0.2, 0.25) is 0 Å². The minimum atomic E-state index is -3.17. The smallest absolute Gasteiger partial charge is 0.407 e. The lowest BCUT2D eigenvalue weighted by atomic mass is 10.00. The molecule has 1 heterocycles. The maximum atomic E-state index is 11.6. The number of carbonyl (C=O) groups is 1. The summed E-state index contributed by atoms with van der Waals surface area (Å²) in [6.45, 7) is 5.59. The fourth-order valence-electron chi connectivity index (χ4n) is 1.63. The van der Waals surface area contributed by atoms with Crippen molar-refractivity contribution in [3.05, 3.63) is 12.7 Å². The highest BCUT2D eigenvalue weighted by atomic mass is 32.2. The number of hydrogen-bond acceptors (Lipinski definition) is 4. The Kier molecular flexibility index (Phi) is 4.16. The van der Waals surface area contributed by atoms with Crippen LogP contribution in [-0.2, 0) is 14.8 Å². The summed E-state index contributed by atoms with van der Waals surface area (Å²) in [5, 5.41) is 2.55. The normalized spacial score (nSPS) is 27.6. The van der Waals surface area contributed by atoms with E-state index in [1.807, 2.05) is 0 Å². The predicted octanol–water partition coefficient (Wildman–Crippen LogP) is 0.323. The number of ether oxygens (including phenoxy) is 1. The van der Waals surface area contributed by atoms with Gasteiger partial charge in [-0.1, -0.05) is 12.7 Å². The Morgan fingerprint density at radius 3 is 2.76 bits per heavy atom. The van der Waals surface area contributed by atoms with Gasteiger partial charge in [0.2, 0.25) is 10.0 Å². The van der Waals surface area contributed by atoms with Crippen LogP contribution in [0, 0.1) is 0 Å². The van der Waals surface area contributed by atoms with Crippen LogP contribution in [0.5, 0.6) is 0 Å². The summed E-state index contributed by atoms with van der Waals surface area (Å²) >= 11 is 0. The molecule has 0 aliphatic carbocycles. The molecule has 1 atom stereocenters. The Labute approximate surface area is 102 Å². The molecule has 1 unspecified atom stereocenters. The van der Waals surface area contributed by atoms with Crippen molar-refractivity contribution in [2.45, 2.75) is 18.9 Å². The molecule has 1 amide bonds. The molecule has 1 rings (SSSR count). The molecule has 0 aromatic rings. The Bertz CT molecular complexity index is 407. The van der Waals surface area contributed by atoms with Gasteiger partial charge in [0.15, 0.2) is 0 Å². The number of nitrogens with zero attached hydrogens (tertiary/aromatic N) is 1. The third-order valence-electron chi connectivity index (χ3n) is 3.02. The number of nitrogens with one attached hydrogen (secondary N) is 1. The van der Waals surface area contributed by atoms with Gasteiger partial charge < -0.3 is 10.1 Å². The number of likely N-dealkylation sites (N-methyl/N-ethyl adjacent to an activating group) is 1. The lowest BCUT2D eigenvalue weighted by Gasteiger charge is -2.30. The fourth-order valence-corrected chi connectivity index (χ4v) is 3.43. The van der Waals surface area contributed by atoms with E-state index < -0.39 is 21.7 Å². The third-order valence-corrected chi connectivity index (χ3v) is 5.02. The van der Waals surface area contributed by atoms with E-state index in [1.54, 1.807) is 6.92 Å². The lowest BCUT2D eigenvalue weighted by Crippen LogP contribution is -2.49. The molecular weight excluding hydrogens is 244 g/mol. The van der Waals surface area contributed by atoms with Crippen LogP contribution in [0.15, 0.2) is 12.7 Å². The molecule has 1 aliphatic rings. The van der Waals surface area contributed by atoms with E-state index in [0.717, 1.165) is 0 Å². The second kappa shape index (κ2) is 5.05. The first-order chi connectivity index (χ1) is 7.82. The molecule has 0 bridgehead atoms. The molecule has 6 nitrogen and oxygen atoms in total. The lowest BCUT2D eigenvalue weighted by molar-refractivity contribution is 0.150. The average molecular weight is 262 g/mol. The first-order valence-corrected chi connectivity index (χ1v) is 6.91. The summed E-state index contributed by atoms with van der Waals surface area (Å²) in [6.07, 6.45) is 1.39. The average Bonchev–Trinajstić information content (AvgIpc) is 2.49. The van der Waals surface area contributed by atoms with E-state index in [2.05, 4.69) is 11.9 Å². The topological polar surface area (TPSA) is 75.7 Å². The van der Waals surface area contributed by atoms with Gasteiger partial charge in [-0.25, -0.2) is 13.2 Å². The van der Waals surface area contributed by atoms with Crippen LogP contribution in [0.3, 0.4) is 0 Å². The minimum absolute atomic E-state index is 0.114. The molecular formula is C10H18N2O4S. The molecule has 0 saturated carbocycles. The zero-order valence-corrected chi connectivity index (χ0v) is 10.9. The molecule has 0 aromatic heterocycles. The largest absolute Gasteiger partial charge is 0.445 e. The van der Waals surface area contributed by atoms with Gasteiger partial charge in [0, 0.05) is 13.6 Å². The molecule has 98 valence electrons. The second-order valence-corrected chi connectivity index (χ2v) is 6.39. The van der Waals surface area contributed by atoms with Gasteiger partial charge in [-0.2, -0.15) is 4.31 Å². The van der Waals surface area contributed by atoms with Gasteiger partial charge in [-0.15, -0.1) is 0 Å². The number of amides is 1. The molecule has 1 N–H and O–H groups in total. The summed E-state index contributed by atoms with van der Waals surface area (Å²) in [4.78, 5) is 11.2. The first kappa shape index (κ1) is 14.0. The molecule has 1 aliphatic heterocycles. The van der Waals surface area contributed by atoms with Crippen molar-refractivity contribution < 1.29 is 17.9 Å². The Hall–Kier alpha value is -1.08. The molecule has 0 radical (unpaired) electrons. The zero-order chi connectivity index (χ0) is 13.1. The quantitative estimate of drug-likeness (QED) is 0.740. The maximum Gasteiger partial charge on any atom is 0.407 e. The SMILES string of the molecule is C=CCOC(=O)NCC1(C)CCS(=O)(=O)N1C. The van der Waals surface area contributed by atoms with Crippen molar-refractivity contribution in [2.75, 3.05) is 26.0 Å². The van der Waals surface area contributed by atoms with E-state index in [1.165, 1.54) is 17.4 Å². The number of hydrogen-bond donors (Lipinski definition) is 1. The molecule has 1 fully saturated rings. The Morgan fingerprint density at radius 2 is 2.29 bits per heavy atom. The highest BCUT2D eigenvalue weighted by molar-refractivity contribution is 7.89. The minimum Gasteiger partial charge on any atom is -0.445 e. The molecule has 0 spiro atoms. The highest BCUT2D eigenvalue weighted by Gasteiger charge is 2.44. The van der Waals surface area contributed by atoms with Crippen molar-refractivity contribution in [2.24, 2.45) is 0 Å². The zero-order valence-electron chi connectivity index (χ0n) is 10.1. The number of carbonyl (C=O) groups excluding carboxylic acids is 1. The summed E-state index contributed by atoms with van der Waals surface area (Å²) in [5.74, 6) is 0.114. The standard InChI is InChI=1S/C10H18N2O4S/c1-4-6-16-9(13)11-8-10(2)5-7-17(14,15)12(10)3/h4H,1,5-8H2,2-3H3,(H,11,13). The van der Waals surface area contributed by atoms with E-state index in [-0.39, 0.29) is 18.9 Å². The van der Waals surface area contributed by atoms with Gasteiger partial charge >= 0.3 is 6.09 Å². The van der Waals surface area contributed by atoms with Crippen molar-refractivity contribution in [3.8, 4) is 0 Å². The Balaban J connectivity index is 2.52. The van der Waals surface area contributed by atoms with Crippen LogP contribution in [0.4, 0.5) is 4.79 Å². The van der Waals surface area contributed by atoms with Gasteiger partial charge in [0.25, 0.3) is 0 Å². The van der Waals surface area contributed by atoms with Crippen molar-refractivity contribution in [3.63, 3.8) is 0 Å². The van der Waals surface area contributed by atoms with Crippen LogP contribution in [0.1, 0.15) is 13.3 Å². The van der Waals surface area contributed by atoms with Gasteiger partial charge in [0.1, 0.15) is 6.61 Å². The van der Waals surface area contributed by atoms with Crippen molar-refractivity contribution in [1.82, 2.24) is 9.62 Å². The summed E-state index contributed by atoms with van der Waals surface area (Å²) in [7, 11) is -1.65. The molecule has 7 heteroatoms. The highest BCUT2D eigenvalue weighted by Crippen LogP contribution is 2.29. The monoisotopic (exact) mass is 262 g/mol. The molecule has 17 heavy (non-hydrogen) atoms. The first-order valence-electron chi connectivity index (χ1n) is 5.30. The summed E-state index contributed by atoms with van der Waals surface area (Å²) < 4.78 is 29.2. The van der Waals surface area contributed by atoms with Crippen LogP contribution < -0.4 is 5.32 Å². The van der Waals surface area contributed by atoms with Crippen molar-refractivity contribution >= 4 is 16.1 Å². The third kappa shape index (κ3) is 3.19. The van der Waals surface area contributed by atoms with E-state index in [9.17, 15) is 13.2 Å². The summed E-state index contributed by atoms with van der Waals surface area (Å²) in [5.41, 5.74) is -0.577. The van der Waals surface area contributed by atoms with Crippen molar-refractivity contribution in [1.29, 1.82) is 0 Å². The van der Waals surface area contributed by atoms with E-state index in [0.29, 0.717) is 6.42 Å². The van der Waals surface area contributed by atoms with Gasteiger partial charge in [0.05, 0.1) is 11.3 Å². The summed E-state index contributed by atoms with van der Waals surface area (Å²) in [6, 6.07) is 0. The van der Waals surface area contributed by atoms with E-state index >= 15 is 0 Å². The number of sulfonamides is 1. The molecule has 1 saturated heterocycles. The van der Waals surface area contributed by atoms with E-state index in [4.69, 9.17) is 4.74 Å². The van der Waals surface area contributed by atoms with Crippen LogP contribution in [-0.4, -0.2) is 50.3 Å². The van der Waals surface area contributed by atoms with Crippen LogP contribution in [0.25, 0.3) is 0 Å². The van der Waals surface area contributed by atoms with Gasteiger partial charge in [-0.3, -0.25) is 0 Å².